The molecule has 1 fully saturated rings. The van der Waals surface area contributed by atoms with Gasteiger partial charge in [-0.25, -0.2) is 0 Å². The van der Waals surface area contributed by atoms with Gasteiger partial charge in [0.15, 0.2) is 0 Å². The monoisotopic (exact) mass is 201 g/mol. The predicted molar refractivity (Wildman–Crippen MR) is 83.0 cm³/mol. The Morgan fingerprint density at radius 2 is 1.73 bits per heavy atom. The second kappa shape index (κ2) is 3.65. The number of nitrogens with zero attached hydrogens (tertiary/aromatic N) is 1. The van der Waals surface area contributed by atoms with E-state index in [9.17, 15) is 0 Å². The molecule has 1 saturated heterocycles. The number of likely N-dealkylation sites (tertiary alicyclic amines) is 1. The van der Waals surface area contributed by atoms with Crippen molar-refractivity contribution >= 4 is 39.2 Å². The quantitative estimate of drug-likeness (QED) is 0.436. The van der Waals surface area contributed by atoms with Crippen LogP contribution in [0.25, 0.3) is 0 Å². The molecule has 0 spiro atoms. The average Bonchev–Trinajstić information content (AvgIpc) is 2.26. The van der Waals surface area contributed by atoms with E-state index < -0.39 is 0 Å². The maximum absolute atomic E-state index is 2.71. The van der Waals surface area contributed by atoms with Crippen LogP contribution in [0.4, 0.5) is 0 Å². The minimum absolute atomic E-state index is 0.298. The Kier molecular flexibility index (Phi) is 3.25. The Morgan fingerprint density at radius 1 is 1.27 bits per heavy atom. The SMILES string of the molecule is BC1CN(C(C)(C)CC)C(B)(B)C1(B)B. The van der Waals surface area contributed by atoms with E-state index in [1.54, 1.807) is 0 Å². The van der Waals surface area contributed by atoms with Gasteiger partial charge in [-0.2, -0.15) is 0 Å². The lowest BCUT2D eigenvalue weighted by Gasteiger charge is -2.50. The van der Waals surface area contributed by atoms with Crippen molar-refractivity contribution in [3.8, 4) is 0 Å². The fourth-order valence-corrected chi connectivity index (χ4v) is 2.88. The van der Waals surface area contributed by atoms with Crippen molar-refractivity contribution in [3.63, 3.8) is 0 Å². The molecule has 1 heterocycles. The predicted octanol–water partition coefficient (Wildman–Crippen LogP) is -2.79. The molecule has 1 aliphatic heterocycles. The van der Waals surface area contributed by atoms with E-state index in [-0.39, 0.29) is 0 Å². The number of hydrogen-bond acceptors (Lipinski definition) is 1. The molecule has 0 aromatic heterocycles. The standard InChI is InChI=1S/C9H24B5N/c1-4-7(2,3)15-5-6(10)8(11,12)9(15,13)14/h6H,4-5,10-14H2,1-3H3. The molecule has 0 bridgehead atoms. The maximum atomic E-state index is 2.71. The van der Waals surface area contributed by atoms with Gasteiger partial charge >= 0.3 is 0 Å². The molecule has 1 aliphatic rings. The molecule has 1 atom stereocenters. The fraction of sp³-hybridized carbons (Fsp3) is 1.00. The Hall–Kier alpha value is 0.285. The molecule has 0 aliphatic carbocycles. The summed E-state index contributed by atoms with van der Waals surface area (Å²) in [6.45, 7) is 8.29. The van der Waals surface area contributed by atoms with Crippen LogP contribution in [-0.4, -0.2) is 61.6 Å². The summed E-state index contributed by atoms with van der Waals surface area (Å²) in [7, 11) is 12.1. The van der Waals surface area contributed by atoms with Gasteiger partial charge in [0.1, 0.15) is 23.5 Å². The highest BCUT2D eigenvalue weighted by atomic mass is 15.3. The van der Waals surface area contributed by atoms with Crippen LogP contribution in [0.5, 0.6) is 0 Å². The topological polar surface area (TPSA) is 3.24 Å². The molecule has 0 aromatic carbocycles. The van der Waals surface area contributed by atoms with Crippen molar-refractivity contribution in [2.24, 2.45) is 0 Å². The van der Waals surface area contributed by atoms with Gasteiger partial charge in [0.05, 0.1) is 15.7 Å². The Morgan fingerprint density at radius 3 is 2.00 bits per heavy atom. The van der Waals surface area contributed by atoms with E-state index in [0.29, 0.717) is 16.1 Å². The molecule has 0 amide bonds. The third-order valence-corrected chi connectivity index (χ3v) is 5.54. The van der Waals surface area contributed by atoms with E-state index in [2.05, 4.69) is 64.9 Å². The second-order valence-electron chi connectivity index (χ2n) is 6.96. The van der Waals surface area contributed by atoms with Crippen molar-refractivity contribution in [2.45, 2.75) is 49.1 Å². The Labute approximate surface area is 100 Å². The van der Waals surface area contributed by atoms with E-state index in [0.717, 1.165) is 5.82 Å². The lowest BCUT2D eigenvalue weighted by atomic mass is 9.30. The van der Waals surface area contributed by atoms with Crippen LogP contribution in [0, 0.1) is 0 Å². The van der Waals surface area contributed by atoms with E-state index in [1.807, 2.05) is 0 Å². The molecule has 1 unspecified atom stereocenters. The first-order chi connectivity index (χ1) is 6.57. The van der Waals surface area contributed by atoms with Crippen LogP contribution in [-0.2, 0) is 0 Å². The molecule has 0 aromatic rings. The van der Waals surface area contributed by atoms with Gasteiger partial charge in [-0.15, -0.1) is 0 Å². The van der Waals surface area contributed by atoms with E-state index in [4.69, 9.17) is 0 Å². The number of rotatable bonds is 2. The second-order valence-corrected chi connectivity index (χ2v) is 6.96. The van der Waals surface area contributed by atoms with Crippen molar-refractivity contribution in [1.29, 1.82) is 0 Å². The Balaban J connectivity index is 3.06. The summed E-state index contributed by atoms with van der Waals surface area (Å²) >= 11 is 0. The normalized spacial score (nSPS) is 30.5. The molecule has 1 nitrogen and oxygen atoms in total. The highest BCUT2D eigenvalue weighted by Crippen LogP contribution is 2.51. The zero-order valence-corrected chi connectivity index (χ0v) is 11.9. The van der Waals surface area contributed by atoms with Gasteiger partial charge in [-0.05, 0) is 32.2 Å². The Bertz CT molecular complexity index is 251. The third kappa shape index (κ3) is 1.83. The van der Waals surface area contributed by atoms with Crippen LogP contribution in [0.2, 0.25) is 11.0 Å². The fourth-order valence-electron chi connectivity index (χ4n) is 2.88. The number of hydrogen-bond donors (Lipinski definition) is 0. The first-order valence-corrected chi connectivity index (χ1v) is 6.35. The summed E-state index contributed by atoms with van der Waals surface area (Å²) in [5.41, 5.74) is 0.325. The van der Waals surface area contributed by atoms with Crippen molar-refractivity contribution < 1.29 is 0 Å². The first-order valence-electron chi connectivity index (χ1n) is 6.35. The summed E-state index contributed by atoms with van der Waals surface area (Å²) in [6.07, 6.45) is 1.22. The molecule has 80 valence electrons. The minimum Gasteiger partial charge on any atom is -0.309 e. The minimum atomic E-state index is 0.298. The van der Waals surface area contributed by atoms with Gasteiger partial charge < -0.3 is 4.90 Å². The molecular formula is C9H24B5N. The summed E-state index contributed by atoms with van der Waals surface area (Å²) in [5.74, 6) is 0.776. The molecule has 0 saturated carbocycles. The first kappa shape index (κ1) is 13.4. The smallest absolute Gasteiger partial charge is 0.116 e. The zero-order valence-electron chi connectivity index (χ0n) is 11.9. The molecule has 0 N–H and O–H groups in total. The molecule has 15 heavy (non-hydrogen) atoms. The average molecular weight is 200 g/mol. The van der Waals surface area contributed by atoms with Gasteiger partial charge in [0, 0.05) is 5.54 Å². The maximum Gasteiger partial charge on any atom is 0.116 e. The van der Waals surface area contributed by atoms with Crippen molar-refractivity contribution in [2.75, 3.05) is 6.54 Å². The lowest BCUT2D eigenvalue weighted by molar-refractivity contribution is 0.114. The summed E-state index contributed by atoms with van der Waals surface area (Å²) in [5, 5.41) is 0.700. The summed E-state index contributed by atoms with van der Waals surface area (Å²) < 4.78 is 0. The largest absolute Gasteiger partial charge is 0.309 e. The van der Waals surface area contributed by atoms with Crippen molar-refractivity contribution in [1.82, 2.24) is 4.90 Å². The zero-order chi connectivity index (χ0) is 12.1. The van der Waals surface area contributed by atoms with Crippen molar-refractivity contribution in [3.05, 3.63) is 0 Å². The van der Waals surface area contributed by atoms with Crippen LogP contribution >= 0.6 is 0 Å². The third-order valence-electron chi connectivity index (χ3n) is 5.54. The van der Waals surface area contributed by atoms with Crippen LogP contribution in [0.1, 0.15) is 27.2 Å². The van der Waals surface area contributed by atoms with Gasteiger partial charge in [0.2, 0.25) is 0 Å². The molecular weight excluding hydrogens is 176 g/mol. The van der Waals surface area contributed by atoms with Crippen LogP contribution in [0.3, 0.4) is 0 Å². The highest BCUT2D eigenvalue weighted by Gasteiger charge is 2.53. The molecule has 1 rings (SSSR count). The molecule has 6 heteroatoms. The summed E-state index contributed by atoms with van der Waals surface area (Å²) in [4.78, 5) is 2.71. The van der Waals surface area contributed by atoms with Gasteiger partial charge in [-0.1, -0.05) is 18.0 Å². The van der Waals surface area contributed by atoms with Gasteiger partial charge in [0.25, 0.3) is 0 Å². The summed E-state index contributed by atoms with van der Waals surface area (Å²) in [6, 6.07) is 0. The lowest BCUT2D eigenvalue weighted by Crippen LogP contribution is -2.59. The van der Waals surface area contributed by atoms with Crippen LogP contribution < -0.4 is 0 Å². The van der Waals surface area contributed by atoms with E-state index in [1.165, 1.54) is 13.0 Å². The highest BCUT2D eigenvalue weighted by molar-refractivity contribution is 6.57. The van der Waals surface area contributed by atoms with E-state index >= 15 is 0 Å². The molecule has 0 radical (unpaired) electrons. The van der Waals surface area contributed by atoms with Crippen LogP contribution in [0.15, 0.2) is 0 Å². The van der Waals surface area contributed by atoms with Gasteiger partial charge in [-0.3, -0.25) is 0 Å².